The van der Waals surface area contributed by atoms with Gasteiger partial charge in [0.05, 0.1) is 16.7 Å². The zero-order chi connectivity index (χ0) is 23.3. The number of fused-ring (bicyclic) bond motifs is 3. The van der Waals surface area contributed by atoms with Gasteiger partial charge < -0.3 is 15.5 Å². The molecule has 1 saturated carbocycles. The molecule has 8 nitrogen and oxygen atoms in total. The number of benzene rings is 2. The van der Waals surface area contributed by atoms with Crippen LogP contribution in [0.25, 0.3) is 38.9 Å². The van der Waals surface area contributed by atoms with Gasteiger partial charge in [-0.2, -0.15) is 0 Å². The van der Waals surface area contributed by atoms with Crippen LogP contribution in [-0.4, -0.2) is 35.9 Å². The Labute approximate surface area is 194 Å². The normalized spacial score (nSPS) is 14.7. The quantitative estimate of drug-likeness (QED) is 0.356. The van der Waals surface area contributed by atoms with Gasteiger partial charge in [-0.05, 0) is 42.5 Å². The number of amides is 1. The fourth-order valence-corrected chi connectivity index (χ4v) is 4.81. The minimum absolute atomic E-state index is 0.169. The molecule has 5 aromatic rings. The van der Waals surface area contributed by atoms with E-state index in [1.807, 2.05) is 66.7 Å². The average Bonchev–Trinajstić information content (AvgIpc) is 3.22. The van der Waals surface area contributed by atoms with Gasteiger partial charge >= 0.3 is 12.1 Å². The van der Waals surface area contributed by atoms with E-state index in [4.69, 9.17) is 4.98 Å². The molecule has 168 valence electrons. The number of nitrogens with one attached hydrogen (secondary N) is 1. The fraction of sp³-hybridized carbons (Fsp3) is 0.154. The third kappa shape index (κ3) is 3.14. The van der Waals surface area contributed by atoms with E-state index in [9.17, 15) is 15.0 Å². The topological polar surface area (TPSA) is 113 Å². The maximum atomic E-state index is 11.3. The van der Waals surface area contributed by atoms with Crippen LogP contribution >= 0.6 is 0 Å². The second-order valence-electron chi connectivity index (χ2n) is 8.64. The Kier molecular flexibility index (Phi) is 4.48. The summed E-state index contributed by atoms with van der Waals surface area (Å²) in [7, 11) is 0. The van der Waals surface area contributed by atoms with Crippen LogP contribution in [0.4, 0.5) is 4.79 Å². The standard InChI is InChI=1S/C26H21N5O3/c32-24-30-29-23-20-15-19(16-5-2-1-3-6-16)22(27-21(20)11-14-31(23)24)17-7-9-18(10-8-17)26(12-4-13-26)28-25(33)34/h1-3,5-11,14-15,28H,4,12-13H2,(H,30,32)(H,33,34). The van der Waals surface area contributed by atoms with Crippen molar-refractivity contribution in [2.75, 3.05) is 0 Å². The average molecular weight is 451 g/mol. The van der Waals surface area contributed by atoms with Gasteiger partial charge in [-0.3, -0.25) is 4.40 Å². The zero-order valence-corrected chi connectivity index (χ0v) is 18.1. The number of hydrogen-bond acceptors (Lipinski definition) is 5. The Hall–Kier alpha value is -4.46. The van der Waals surface area contributed by atoms with Gasteiger partial charge in [-0.25, -0.2) is 9.78 Å². The minimum Gasteiger partial charge on any atom is -0.479 e. The van der Waals surface area contributed by atoms with E-state index >= 15 is 0 Å². The van der Waals surface area contributed by atoms with Crippen molar-refractivity contribution in [2.45, 2.75) is 24.8 Å². The first-order chi connectivity index (χ1) is 16.5. The largest absolute Gasteiger partial charge is 0.479 e. The summed E-state index contributed by atoms with van der Waals surface area (Å²) in [4.78, 5) is 16.3. The van der Waals surface area contributed by atoms with E-state index in [-0.39, 0.29) is 6.01 Å². The van der Waals surface area contributed by atoms with Gasteiger partial charge in [-0.15, -0.1) is 5.10 Å². The molecule has 1 fully saturated rings. The molecule has 3 heterocycles. The lowest BCUT2D eigenvalue weighted by Crippen LogP contribution is -2.50. The molecule has 0 saturated heterocycles. The first-order valence-electron chi connectivity index (χ1n) is 11.1. The van der Waals surface area contributed by atoms with Crippen molar-refractivity contribution in [3.8, 4) is 28.4 Å². The van der Waals surface area contributed by atoms with E-state index < -0.39 is 11.6 Å². The summed E-state index contributed by atoms with van der Waals surface area (Å²) in [5.74, 6) is 0. The number of pyridine rings is 2. The highest BCUT2D eigenvalue weighted by Gasteiger charge is 2.40. The number of aromatic nitrogens is 4. The monoisotopic (exact) mass is 451 g/mol. The SMILES string of the molecule is O=C(O)NC1(c2ccc(-c3nc4ccn5c(O)nnc5c4cc3-c3ccccc3)cc2)CCC1. The molecule has 1 aliphatic rings. The smallest absolute Gasteiger partial charge is 0.405 e. The number of nitrogens with zero attached hydrogens (tertiary/aromatic N) is 4. The van der Waals surface area contributed by atoms with Gasteiger partial charge in [0.1, 0.15) is 0 Å². The summed E-state index contributed by atoms with van der Waals surface area (Å²) < 4.78 is 1.53. The van der Waals surface area contributed by atoms with Crippen LogP contribution in [0.5, 0.6) is 6.01 Å². The molecule has 1 amide bonds. The molecule has 0 unspecified atom stereocenters. The van der Waals surface area contributed by atoms with Crippen LogP contribution in [-0.2, 0) is 5.54 Å². The van der Waals surface area contributed by atoms with Gasteiger partial charge in [0, 0.05) is 22.7 Å². The molecular formula is C26H21N5O3. The summed E-state index contributed by atoms with van der Waals surface area (Å²) in [5.41, 5.74) is 5.40. The van der Waals surface area contributed by atoms with Crippen molar-refractivity contribution in [3.63, 3.8) is 0 Å². The zero-order valence-electron chi connectivity index (χ0n) is 18.1. The third-order valence-corrected chi connectivity index (χ3v) is 6.70. The molecule has 0 radical (unpaired) electrons. The molecule has 0 aliphatic heterocycles. The van der Waals surface area contributed by atoms with E-state index in [0.717, 1.165) is 58.1 Å². The first-order valence-corrected chi connectivity index (χ1v) is 11.1. The fourth-order valence-electron chi connectivity index (χ4n) is 4.81. The summed E-state index contributed by atoms with van der Waals surface area (Å²) >= 11 is 0. The van der Waals surface area contributed by atoms with Crippen LogP contribution in [0.3, 0.4) is 0 Å². The molecular weight excluding hydrogens is 430 g/mol. The molecule has 2 aromatic carbocycles. The number of hydrogen-bond donors (Lipinski definition) is 3. The second kappa shape index (κ2) is 7.55. The summed E-state index contributed by atoms with van der Waals surface area (Å²) in [5, 5.41) is 30.7. The molecule has 0 bridgehead atoms. The van der Waals surface area contributed by atoms with Crippen molar-refractivity contribution in [1.29, 1.82) is 0 Å². The Bertz CT molecular complexity index is 1540. The number of carboxylic acid groups (broad SMARTS) is 1. The lowest BCUT2D eigenvalue weighted by molar-refractivity contribution is 0.144. The van der Waals surface area contributed by atoms with Crippen LogP contribution in [0.1, 0.15) is 24.8 Å². The van der Waals surface area contributed by atoms with Crippen LogP contribution in [0.2, 0.25) is 0 Å². The Balaban J connectivity index is 1.52. The molecule has 8 heteroatoms. The highest BCUT2D eigenvalue weighted by Crippen LogP contribution is 2.42. The van der Waals surface area contributed by atoms with Crippen molar-refractivity contribution in [2.24, 2.45) is 0 Å². The predicted molar refractivity (Wildman–Crippen MR) is 128 cm³/mol. The van der Waals surface area contributed by atoms with E-state index in [1.165, 1.54) is 4.40 Å². The van der Waals surface area contributed by atoms with Gasteiger partial charge in [0.2, 0.25) is 0 Å². The van der Waals surface area contributed by atoms with Gasteiger partial charge in [0.15, 0.2) is 5.65 Å². The number of carbonyl (C=O) groups is 1. The van der Waals surface area contributed by atoms with E-state index in [1.54, 1.807) is 6.20 Å². The van der Waals surface area contributed by atoms with Crippen LogP contribution in [0, 0.1) is 0 Å². The second-order valence-corrected chi connectivity index (χ2v) is 8.64. The van der Waals surface area contributed by atoms with Crippen molar-refractivity contribution < 1.29 is 15.0 Å². The highest BCUT2D eigenvalue weighted by molar-refractivity contribution is 5.98. The molecule has 6 rings (SSSR count). The Morgan fingerprint density at radius 2 is 1.74 bits per heavy atom. The van der Waals surface area contributed by atoms with Crippen molar-refractivity contribution in [1.82, 2.24) is 24.9 Å². The molecule has 3 aromatic heterocycles. The summed E-state index contributed by atoms with van der Waals surface area (Å²) in [6, 6.07) is 21.7. The van der Waals surface area contributed by atoms with Crippen molar-refractivity contribution in [3.05, 3.63) is 78.5 Å². The predicted octanol–water partition coefficient (Wildman–Crippen LogP) is 4.96. The Morgan fingerprint density at radius 1 is 0.971 bits per heavy atom. The lowest BCUT2D eigenvalue weighted by Gasteiger charge is -2.42. The molecule has 1 aliphatic carbocycles. The maximum absolute atomic E-state index is 11.3. The van der Waals surface area contributed by atoms with Crippen LogP contribution < -0.4 is 5.32 Å². The first kappa shape index (κ1) is 20.2. The van der Waals surface area contributed by atoms with E-state index in [2.05, 4.69) is 15.5 Å². The Morgan fingerprint density at radius 3 is 2.41 bits per heavy atom. The molecule has 0 atom stereocenters. The number of rotatable bonds is 4. The van der Waals surface area contributed by atoms with Crippen molar-refractivity contribution >= 4 is 22.6 Å². The molecule has 34 heavy (non-hydrogen) atoms. The third-order valence-electron chi connectivity index (χ3n) is 6.70. The highest BCUT2D eigenvalue weighted by atomic mass is 16.4. The van der Waals surface area contributed by atoms with Crippen LogP contribution in [0.15, 0.2) is 72.9 Å². The minimum atomic E-state index is -1.00. The summed E-state index contributed by atoms with van der Waals surface area (Å²) in [6.07, 6.45) is 3.29. The van der Waals surface area contributed by atoms with Gasteiger partial charge in [-0.1, -0.05) is 59.7 Å². The lowest BCUT2D eigenvalue weighted by atomic mass is 9.71. The van der Waals surface area contributed by atoms with E-state index in [0.29, 0.717) is 5.65 Å². The van der Waals surface area contributed by atoms with Gasteiger partial charge in [0.25, 0.3) is 0 Å². The summed E-state index contributed by atoms with van der Waals surface area (Å²) in [6.45, 7) is 0. The number of aromatic hydroxyl groups is 1. The molecule has 0 spiro atoms. The maximum Gasteiger partial charge on any atom is 0.405 e. The molecule has 3 N–H and O–H groups in total.